The molecule has 1 aromatic carbocycles. The van der Waals surface area contributed by atoms with Crippen LogP contribution in [0.2, 0.25) is 0 Å². The summed E-state index contributed by atoms with van der Waals surface area (Å²) < 4.78 is 16.1. The van der Waals surface area contributed by atoms with Gasteiger partial charge in [0, 0.05) is 25.4 Å². The summed E-state index contributed by atoms with van der Waals surface area (Å²) in [7, 11) is 1.59. The Balaban J connectivity index is 2.00. The van der Waals surface area contributed by atoms with E-state index in [1.165, 1.54) is 0 Å². The fourth-order valence-corrected chi connectivity index (χ4v) is 2.87. The van der Waals surface area contributed by atoms with Crippen molar-refractivity contribution in [3.8, 4) is 11.5 Å². The van der Waals surface area contributed by atoms with Crippen LogP contribution in [0.4, 0.5) is 0 Å². The number of carbonyl (C=O) groups is 1. The number of ether oxygens (including phenoxy) is 3. The van der Waals surface area contributed by atoms with Gasteiger partial charge in [0.05, 0.1) is 13.7 Å². The fourth-order valence-electron chi connectivity index (χ4n) is 2.80. The summed E-state index contributed by atoms with van der Waals surface area (Å²) in [4.78, 5) is 13.4. The second-order valence-electron chi connectivity index (χ2n) is 6.17. The Morgan fingerprint density at radius 1 is 1.35 bits per heavy atom. The maximum atomic E-state index is 11.5. The van der Waals surface area contributed by atoms with Gasteiger partial charge in [0.2, 0.25) is 0 Å². The third-order valence-electron chi connectivity index (χ3n) is 4.19. The molecule has 1 N–H and O–H groups in total. The summed E-state index contributed by atoms with van der Waals surface area (Å²) >= 11 is 5.73. The van der Waals surface area contributed by atoms with E-state index < -0.39 is 6.23 Å². The van der Waals surface area contributed by atoms with Gasteiger partial charge in [0.25, 0.3) is 0 Å². The number of nitrogens with zero attached hydrogens (tertiary/aromatic N) is 1. The van der Waals surface area contributed by atoms with Crippen LogP contribution in [-0.2, 0) is 22.6 Å². The first-order valence-electron chi connectivity index (χ1n) is 8.61. The van der Waals surface area contributed by atoms with Crippen molar-refractivity contribution in [3.63, 3.8) is 0 Å². The lowest BCUT2D eigenvalue weighted by Crippen LogP contribution is -2.31. The van der Waals surface area contributed by atoms with Gasteiger partial charge >= 0.3 is 5.97 Å². The Labute approximate surface area is 159 Å². The summed E-state index contributed by atoms with van der Waals surface area (Å²) in [6, 6.07) is 3.85. The molecule has 0 aliphatic carbocycles. The zero-order chi connectivity index (χ0) is 19.1. The first kappa shape index (κ1) is 20.6. The molecule has 1 unspecified atom stereocenters. The molecular weight excluding hydrogens is 358 g/mol. The number of benzene rings is 1. The van der Waals surface area contributed by atoms with Gasteiger partial charge in [-0.2, -0.15) is 0 Å². The fraction of sp³-hybridized carbons (Fsp3) is 0.526. The number of carbonyl (C=O) groups excluding carboxylic acids is 1. The van der Waals surface area contributed by atoms with E-state index in [4.69, 9.17) is 25.8 Å². The molecule has 1 heterocycles. The van der Waals surface area contributed by atoms with Crippen LogP contribution in [0.3, 0.4) is 0 Å². The molecule has 1 atom stereocenters. The van der Waals surface area contributed by atoms with Crippen LogP contribution in [-0.4, -0.2) is 48.4 Å². The predicted octanol–water partition coefficient (Wildman–Crippen LogP) is 2.85. The number of fused-ring (bicyclic) bond motifs is 1. The van der Waals surface area contributed by atoms with E-state index in [0.29, 0.717) is 50.1 Å². The molecule has 0 saturated carbocycles. The van der Waals surface area contributed by atoms with Crippen molar-refractivity contribution in [2.75, 3.05) is 26.2 Å². The molecule has 0 radical (unpaired) electrons. The van der Waals surface area contributed by atoms with Gasteiger partial charge < -0.3 is 19.3 Å². The monoisotopic (exact) mass is 383 g/mol. The number of aliphatic hydroxyl groups excluding tert-OH is 1. The summed E-state index contributed by atoms with van der Waals surface area (Å²) in [6.45, 7) is 7.43. The third kappa shape index (κ3) is 5.37. The van der Waals surface area contributed by atoms with E-state index in [1.54, 1.807) is 14.0 Å². The average Bonchev–Trinajstić information content (AvgIpc) is 3.06. The van der Waals surface area contributed by atoms with Crippen LogP contribution in [0.1, 0.15) is 30.9 Å². The predicted molar refractivity (Wildman–Crippen MR) is 99.5 cm³/mol. The molecule has 0 amide bonds. The Morgan fingerprint density at radius 2 is 2.00 bits per heavy atom. The van der Waals surface area contributed by atoms with Crippen molar-refractivity contribution in [2.24, 2.45) is 0 Å². The molecule has 1 aromatic rings. The van der Waals surface area contributed by atoms with Gasteiger partial charge in [-0.05, 0) is 42.2 Å². The zero-order valence-corrected chi connectivity index (χ0v) is 16.1. The molecule has 144 valence electrons. The van der Waals surface area contributed by atoms with E-state index in [0.717, 1.165) is 16.7 Å². The molecular formula is C19H26ClNO5. The van der Waals surface area contributed by atoms with E-state index in [-0.39, 0.29) is 12.4 Å². The first-order chi connectivity index (χ1) is 12.5. The van der Waals surface area contributed by atoms with Crippen molar-refractivity contribution in [3.05, 3.63) is 35.4 Å². The highest BCUT2D eigenvalue weighted by Crippen LogP contribution is 2.36. The highest BCUT2D eigenvalue weighted by atomic mass is 35.5. The number of methoxy groups -OCH3 is 1. The van der Waals surface area contributed by atoms with Crippen molar-refractivity contribution in [1.82, 2.24) is 4.90 Å². The Kier molecular flexibility index (Phi) is 7.75. The van der Waals surface area contributed by atoms with Gasteiger partial charge in [0.15, 0.2) is 11.5 Å². The van der Waals surface area contributed by atoms with E-state index in [2.05, 4.69) is 6.58 Å². The average molecular weight is 384 g/mol. The number of halogens is 1. The Bertz CT molecular complexity index is 649. The van der Waals surface area contributed by atoms with Gasteiger partial charge in [-0.3, -0.25) is 9.69 Å². The highest BCUT2D eigenvalue weighted by molar-refractivity contribution is 6.19. The molecule has 0 saturated heterocycles. The number of rotatable bonds is 10. The van der Waals surface area contributed by atoms with Crippen molar-refractivity contribution in [1.29, 1.82) is 0 Å². The molecule has 1 aliphatic rings. The van der Waals surface area contributed by atoms with E-state index >= 15 is 0 Å². The normalized spacial score (nSPS) is 14.6. The van der Waals surface area contributed by atoms with Crippen molar-refractivity contribution >= 4 is 17.6 Å². The molecule has 0 aromatic heterocycles. The second-order valence-corrected chi connectivity index (χ2v) is 6.44. The number of aliphatic hydroxyl groups is 1. The molecule has 26 heavy (non-hydrogen) atoms. The molecule has 1 aliphatic heterocycles. The van der Waals surface area contributed by atoms with Crippen LogP contribution in [0.25, 0.3) is 0 Å². The van der Waals surface area contributed by atoms with Crippen LogP contribution in [0.15, 0.2) is 24.3 Å². The van der Waals surface area contributed by atoms with Gasteiger partial charge in [-0.15, -0.1) is 11.6 Å². The molecule has 2 rings (SSSR count). The quantitative estimate of drug-likeness (QED) is 0.380. The van der Waals surface area contributed by atoms with Crippen LogP contribution < -0.4 is 9.47 Å². The lowest BCUT2D eigenvalue weighted by atomic mass is 10.1. The van der Waals surface area contributed by atoms with E-state index in [1.807, 2.05) is 17.0 Å². The third-order valence-corrected chi connectivity index (χ3v) is 4.56. The zero-order valence-electron chi connectivity index (χ0n) is 15.3. The smallest absolute Gasteiger partial charge is 0.305 e. The van der Waals surface area contributed by atoms with Crippen LogP contribution in [0, 0.1) is 0 Å². The lowest BCUT2D eigenvalue weighted by molar-refractivity contribution is -0.144. The topological polar surface area (TPSA) is 68.2 Å². The minimum absolute atomic E-state index is 0.195. The summed E-state index contributed by atoms with van der Waals surface area (Å²) in [6.07, 6.45) is -0.179. The SMILES string of the molecule is C=C(CCl)COc1cc2c(cc1OC)CN(C(O)CCC(=O)OCC)C2. The summed E-state index contributed by atoms with van der Waals surface area (Å²) in [5.41, 5.74) is 2.92. The molecule has 7 heteroatoms. The number of esters is 1. The maximum absolute atomic E-state index is 11.5. The number of alkyl halides is 1. The van der Waals surface area contributed by atoms with Gasteiger partial charge in [-0.1, -0.05) is 6.58 Å². The lowest BCUT2D eigenvalue weighted by Gasteiger charge is -2.21. The van der Waals surface area contributed by atoms with Gasteiger partial charge in [-0.25, -0.2) is 0 Å². The minimum Gasteiger partial charge on any atom is -0.493 e. The van der Waals surface area contributed by atoms with Crippen molar-refractivity contribution in [2.45, 2.75) is 39.1 Å². The summed E-state index contributed by atoms with van der Waals surface area (Å²) in [5.74, 6) is 1.31. The minimum atomic E-state index is -0.710. The molecule has 0 bridgehead atoms. The second kappa shape index (κ2) is 9.80. The molecule has 0 fully saturated rings. The maximum Gasteiger partial charge on any atom is 0.305 e. The van der Waals surface area contributed by atoms with Crippen molar-refractivity contribution < 1.29 is 24.1 Å². The summed E-state index contributed by atoms with van der Waals surface area (Å²) in [5, 5.41) is 10.4. The van der Waals surface area contributed by atoms with Gasteiger partial charge in [0.1, 0.15) is 12.8 Å². The van der Waals surface area contributed by atoms with Crippen LogP contribution >= 0.6 is 11.6 Å². The first-order valence-corrected chi connectivity index (χ1v) is 9.14. The highest BCUT2D eigenvalue weighted by Gasteiger charge is 2.27. The Hall–Kier alpha value is -1.76. The number of hydrogen-bond acceptors (Lipinski definition) is 6. The molecule has 6 nitrogen and oxygen atoms in total. The Morgan fingerprint density at radius 3 is 2.58 bits per heavy atom. The van der Waals surface area contributed by atoms with E-state index in [9.17, 15) is 9.90 Å². The standard InChI is InChI=1S/C19H26ClNO5/c1-4-25-19(23)6-5-18(22)21-10-14-7-16(24-3)17(8-15(14)11-21)26-12-13(2)9-20/h7-8,18,22H,2,4-6,9-12H2,1,3H3. The number of hydrogen-bond donors (Lipinski definition) is 1. The largest absolute Gasteiger partial charge is 0.493 e. The molecule has 0 spiro atoms. The van der Waals surface area contributed by atoms with Crippen LogP contribution in [0.5, 0.6) is 11.5 Å².